The van der Waals surface area contributed by atoms with E-state index in [-0.39, 0.29) is 5.97 Å². The Morgan fingerprint density at radius 2 is 1.58 bits per heavy atom. The molecular formula is C17H28O2. The van der Waals surface area contributed by atoms with Gasteiger partial charge in [-0.15, -0.1) is 0 Å². The quantitative estimate of drug-likeness (QED) is 0.546. The SMILES string of the molecule is CCOC(=O)C(=CC1CCCCC1)C1CCCCC1. The first kappa shape index (κ1) is 14.6. The third kappa shape index (κ3) is 4.36. The van der Waals surface area contributed by atoms with Crippen LogP contribution in [0, 0.1) is 11.8 Å². The molecule has 108 valence electrons. The predicted octanol–water partition coefficient (Wildman–Crippen LogP) is 4.64. The average Bonchev–Trinajstić information content (AvgIpc) is 2.47. The molecule has 2 saturated carbocycles. The van der Waals surface area contributed by atoms with Crippen molar-refractivity contribution in [3.8, 4) is 0 Å². The van der Waals surface area contributed by atoms with Gasteiger partial charge in [0.05, 0.1) is 6.61 Å². The lowest BCUT2D eigenvalue weighted by atomic mass is 9.80. The second kappa shape index (κ2) is 7.72. The van der Waals surface area contributed by atoms with Crippen molar-refractivity contribution in [1.82, 2.24) is 0 Å². The third-order valence-corrected chi connectivity index (χ3v) is 4.62. The smallest absolute Gasteiger partial charge is 0.333 e. The second-order valence-corrected chi connectivity index (χ2v) is 6.08. The Hall–Kier alpha value is -0.790. The fourth-order valence-corrected chi connectivity index (χ4v) is 3.55. The molecule has 0 aliphatic heterocycles. The second-order valence-electron chi connectivity index (χ2n) is 6.08. The summed E-state index contributed by atoms with van der Waals surface area (Å²) in [4.78, 5) is 12.2. The van der Waals surface area contributed by atoms with Crippen LogP contribution in [-0.2, 0) is 9.53 Å². The van der Waals surface area contributed by atoms with Crippen molar-refractivity contribution in [3.63, 3.8) is 0 Å². The summed E-state index contributed by atoms with van der Waals surface area (Å²) in [5.74, 6) is 1.05. The van der Waals surface area contributed by atoms with Crippen LogP contribution in [-0.4, -0.2) is 12.6 Å². The lowest BCUT2D eigenvalue weighted by molar-refractivity contribution is -0.139. The van der Waals surface area contributed by atoms with E-state index < -0.39 is 0 Å². The number of hydrogen-bond donors (Lipinski definition) is 0. The van der Waals surface area contributed by atoms with E-state index in [1.165, 1.54) is 64.2 Å². The minimum absolute atomic E-state index is 0.0417. The Labute approximate surface area is 117 Å². The van der Waals surface area contributed by atoms with Crippen LogP contribution in [0.4, 0.5) is 0 Å². The van der Waals surface area contributed by atoms with Crippen LogP contribution in [0.1, 0.15) is 71.1 Å². The van der Waals surface area contributed by atoms with Gasteiger partial charge < -0.3 is 4.74 Å². The van der Waals surface area contributed by atoms with Gasteiger partial charge in [0.15, 0.2) is 0 Å². The molecule has 0 atom stereocenters. The maximum Gasteiger partial charge on any atom is 0.333 e. The lowest BCUT2D eigenvalue weighted by Gasteiger charge is -2.26. The highest BCUT2D eigenvalue weighted by Crippen LogP contribution is 2.33. The van der Waals surface area contributed by atoms with E-state index in [9.17, 15) is 4.79 Å². The molecule has 0 unspecified atom stereocenters. The number of allylic oxidation sites excluding steroid dienone is 1. The molecular weight excluding hydrogens is 236 g/mol. The summed E-state index contributed by atoms with van der Waals surface area (Å²) in [5.41, 5.74) is 1.01. The summed E-state index contributed by atoms with van der Waals surface area (Å²) in [6.45, 7) is 2.39. The molecule has 2 nitrogen and oxygen atoms in total. The summed E-state index contributed by atoms with van der Waals surface area (Å²) < 4.78 is 5.29. The maximum absolute atomic E-state index is 12.2. The van der Waals surface area contributed by atoms with Crippen molar-refractivity contribution in [1.29, 1.82) is 0 Å². The first-order valence-corrected chi connectivity index (χ1v) is 8.20. The fourth-order valence-electron chi connectivity index (χ4n) is 3.55. The number of esters is 1. The number of rotatable bonds is 4. The Kier molecular flexibility index (Phi) is 5.93. The zero-order chi connectivity index (χ0) is 13.5. The molecule has 0 bridgehead atoms. The van der Waals surface area contributed by atoms with Gasteiger partial charge in [0.2, 0.25) is 0 Å². The summed E-state index contributed by atoms with van der Waals surface area (Å²) in [5, 5.41) is 0. The molecule has 0 amide bonds. The van der Waals surface area contributed by atoms with Gasteiger partial charge in [-0.05, 0) is 44.4 Å². The normalized spacial score (nSPS) is 23.3. The molecule has 19 heavy (non-hydrogen) atoms. The molecule has 2 heteroatoms. The van der Waals surface area contributed by atoms with Crippen LogP contribution in [0.3, 0.4) is 0 Å². The van der Waals surface area contributed by atoms with Crippen molar-refractivity contribution in [2.45, 2.75) is 71.1 Å². The fraction of sp³-hybridized carbons (Fsp3) is 0.824. The van der Waals surface area contributed by atoms with Crippen molar-refractivity contribution in [2.24, 2.45) is 11.8 Å². The molecule has 2 aliphatic carbocycles. The molecule has 0 aromatic rings. The molecule has 2 rings (SSSR count). The summed E-state index contributed by atoms with van der Waals surface area (Å²) in [6, 6.07) is 0. The molecule has 0 saturated heterocycles. The van der Waals surface area contributed by atoms with E-state index in [0.29, 0.717) is 18.4 Å². The van der Waals surface area contributed by atoms with Crippen LogP contribution in [0.5, 0.6) is 0 Å². The Morgan fingerprint density at radius 1 is 1.00 bits per heavy atom. The van der Waals surface area contributed by atoms with E-state index in [1.54, 1.807) is 0 Å². The molecule has 2 aliphatic rings. The van der Waals surface area contributed by atoms with Crippen molar-refractivity contribution < 1.29 is 9.53 Å². The zero-order valence-electron chi connectivity index (χ0n) is 12.3. The van der Waals surface area contributed by atoms with E-state index in [0.717, 1.165) is 5.57 Å². The van der Waals surface area contributed by atoms with Crippen molar-refractivity contribution in [3.05, 3.63) is 11.6 Å². The molecule has 0 spiro atoms. The summed E-state index contributed by atoms with van der Waals surface area (Å²) >= 11 is 0. The molecule has 2 fully saturated rings. The first-order chi connectivity index (χ1) is 9.31. The monoisotopic (exact) mass is 264 g/mol. The van der Waals surface area contributed by atoms with Crippen molar-refractivity contribution >= 4 is 5.97 Å². The number of ether oxygens (including phenoxy) is 1. The summed E-state index contributed by atoms with van der Waals surface area (Å²) in [7, 11) is 0. The number of carbonyl (C=O) groups is 1. The van der Waals surface area contributed by atoms with E-state index in [2.05, 4.69) is 6.08 Å². The van der Waals surface area contributed by atoms with Gasteiger partial charge in [-0.2, -0.15) is 0 Å². The number of hydrogen-bond acceptors (Lipinski definition) is 2. The van der Waals surface area contributed by atoms with Crippen LogP contribution in [0.15, 0.2) is 11.6 Å². The van der Waals surface area contributed by atoms with Gasteiger partial charge in [-0.25, -0.2) is 4.79 Å². The van der Waals surface area contributed by atoms with Gasteiger partial charge in [0.1, 0.15) is 0 Å². The lowest BCUT2D eigenvalue weighted by Crippen LogP contribution is -2.20. The highest BCUT2D eigenvalue weighted by atomic mass is 16.5. The first-order valence-electron chi connectivity index (χ1n) is 8.20. The zero-order valence-corrected chi connectivity index (χ0v) is 12.3. The van der Waals surface area contributed by atoms with E-state index in [1.807, 2.05) is 6.92 Å². The Bertz CT molecular complexity index is 307. The Morgan fingerprint density at radius 3 is 2.16 bits per heavy atom. The minimum Gasteiger partial charge on any atom is -0.463 e. The van der Waals surface area contributed by atoms with Gasteiger partial charge >= 0.3 is 5.97 Å². The number of carbonyl (C=O) groups excluding carboxylic acids is 1. The Balaban J connectivity index is 2.07. The van der Waals surface area contributed by atoms with Crippen LogP contribution < -0.4 is 0 Å². The van der Waals surface area contributed by atoms with E-state index in [4.69, 9.17) is 4.74 Å². The van der Waals surface area contributed by atoms with Crippen LogP contribution in [0.25, 0.3) is 0 Å². The topological polar surface area (TPSA) is 26.3 Å². The van der Waals surface area contributed by atoms with Gasteiger partial charge in [-0.1, -0.05) is 44.6 Å². The van der Waals surface area contributed by atoms with E-state index >= 15 is 0 Å². The maximum atomic E-state index is 12.2. The highest BCUT2D eigenvalue weighted by Gasteiger charge is 2.25. The van der Waals surface area contributed by atoms with Crippen LogP contribution >= 0.6 is 0 Å². The van der Waals surface area contributed by atoms with Crippen molar-refractivity contribution in [2.75, 3.05) is 6.61 Å². The summed E-state index contributed by atoms with van der Waals surface area (Å²) in [6.07, 6.45) is 15.0. The van der Waals surface area contributed by atoms with Gasteiger partial charge in [0, 0.05) is 5.57 Å². The molecule has 0 aromatic carbocycles. The van der Waals surface area contributed by atoms with Gasteiger partial charge in [0.25, 0.3) is 0 Å². The highest BCUT2D eigenvalue weighted by molar-refractivity contribution is 5.89. The molecule has 0 radical (unpaired) electrons. The molecule has 0 N–H and O–H groups in total. The third-order valence-electron chi connectivity index (χ3n) is 4.62. The largest absolute Gasteiger partial charge is 0.463 e. The average molecular weight is 264 g/mol. The standard InChI is InChI=1S/C17H28O2/c1-2-19-17(18)16(15-11-7-4-8-12-15)13-14-9-5-3-6-10-14/h13-15H,2-12H2,1H3. The van der Waals surface area contributed by atoms with Gasteiger partial charge in [-0.3, -0.25) is 0 Å². The molecule has 0 aromatic heterocycles. The minimum atomic E-state index is -0.0417. The molecule has 0 heterocycles. The predicted molar refractivity (Wildman–Crippen MR) is 77.9 cm³/mol. The van der Waals surface area contributed by atoms with Crippen LogP contribution in [0.2, 0.25) is 0 Å².